The van der Waals surface area contributed by atoms with Crippen molar-refractivity contribution in [3.63, 3.8) is 0 Å². The molecule has 5 heteroatoms. The van der Waals surface area contributed by atoms with Crippen LogP contribution in [0.15, 0.2) is 54.6 Å². The molecule has 0 radical (unpaired) electrons. The third kappa shape index (κ3) is 4.19. The van der Waals surface area contributed by atoms with Gasteiger partial charge in [-0.15, -0.1) is 0 Å². The number of para-hydroxylation sites is 1. The van der Waals surface area contributed by atoms with E-state index in [0.717, 1.165) is 35.2 Å². The summed E-state index contributed by atoms with van der Waals surface area (Å²) in [6.07, 6.45) is 0.918. The van der Waals surface area contributed by atoms with E-state index in [2.05, 4.69) is 17.6 Å². The highest BCUT2D eigenvalue weighted by atomic mass is 16.2. The van der Waals surface area contributed by atoms with E-state index in [1.165, 1.54) is 0 Å². The third-order valence-electron chi connectivity index (χ3n) is 4.40. The van der Waals surface area contributed by atoms with Crippen molar-refractivity contribution < 1.29 is 9.59 Å². The second-order valence-electron chi connectivity index (χ2n) is 6.92. The van der Waals surface area contributed by atoms with Crippen LogP contribution >= 0.6 is 0 Å². The molecule has 0 bridgehead atoms. The van der Waals surface area contributed by atoms with Crippen molar-refractivity contribution in [2.45, 2.75) is 33.7 Å². The molecule has 0 unspecified atom stereocenters. The minimum absolute atomic E-state index is 0.0237. The maximum absolute atomic E-state index is 12.8. The van der Waals surface area contributed by atoms with Crippen molar-refractivity contribution in [2.75, 3.05) is 10.6 Å². The van der Waals surface area contributed by atoms with E-state index < -0.39 is 0 Å². The number of nitrogens with one attached hydrogen (secondary N) is 2. The van der Waals surface area contributed by atoms with Crippen LogP contribution in [-0.2, 0) is 11.3 Å². The lowest BCUT2D eigenvalue weighted by molar-refractivity contribution is -0.118. The zero-order valence-electron chi connectivity index (χ0n) is 16.0. The number of carbonyl (C=O) groups is 2. The van der Waals surface area contributed by atoms with Gasteiger partial charge in [0.25, 0.3) is 5.91 Å². The van der Waals surface area contributed by atoms with Gasteiger partial charge in [-0.1, -0.05) is 39.0 Å². The number of benzene rings is 2. The Balaban J connectivity index is 1.95. The Hall–Kier alpha value is -3.08. The number of carbonyl (C=O) groups excluding carboxylic acids is 2. The lowest BCUT2D eigenvalue weighted by Crippen LogP contribution is -2.17. The van der Waals surface area contributed by atoms with Gasteiger partial charge < -0.3 is 15.2 Å². The first-order valence-electron chi connectivity index (χ1n) is 9.30. The molecule has 0 saturated carbocycles. The first kappa shape index (κ1) is 18.7. The maximum Gasteiger partial charge on any atom is 0.272 e. The molecule has 3 aromatic rings. The summed E-state index contributed by atoms with van der Waals surface area (Å²) in [5, 5.41) is 6.80. The normalized spacial score (nSPS) is 11.0. The van der Waals surface area contributed by atoms with Crippen LogP contribution in [0.1, 0.15) is 37.7 Å². The first-order chi connectivity index (χ1) is 13.0. The summed E-state index contributed by atoms with van der Waals surface area (Å²) in [4.78, 5) is 24.8. The van der Waals surface area contributed by atoms with Gasteiger partial charge in [0.2, 0.25) is 5.91 Å². The first-order valence-corrected chi connectivity index (χ1v) is 9.30. The fourth-order valence-electron chi connectivity index (χ4n) is 3.00. The molecule has 5 nitrogen and oxygen atoms in total. The van der Waals surface area contributed by atoms with Gasteiger partial charge in [-0.2, -0.15) is 0 Å². The lowest BCUT2D eigenvalue weighted by atomic mass is 10.2. The summed E-state index contributed by atoms with van der Waals surface area (Å²) >= 11 is 0. The number of hydrogen-bond donors (Lipinski definition) is 2. The Morgan fingerprint density at radius 1 is 0.963 bits per heavy atom. The zero-order valence-corrected chi connectivity index (χ0v) is 16.0. The van der Waals surface area contributed by atoms with Crippen LogP contribution < -0.4 is 10.6 Å². The van der Waals surface area contributed by atoms with Gasteiger partial charge in [-0.3, -0.25) is 9.59 Å². The van der Waals surface area contributed by atoms with E-state index in [0.29, 0.717) is 5.69 Å². The van der Waals surface area contributed by atoms with Crippen LogP contribution in [-0.4, -0.2) is 16.4 Å². The minimum Gasteiger partial charge on any atom is -0.336 e. The highest BCUT2D eigenvalue weighted by Gasteiger charge is 2.16. The number of fused-ring (bicyclic) bond motifs is 1. The van der Waals surface area contributed by atoms with Gasteiger partial charge in [-0.05, 0) is 42.8 Å². The molecule has 2 amide bonds. The number of rotatable bonds is 6. The number of amides is 2. The average molecular weight is 363 g/mol. The molecule has 27 heavy (non-hydrogen) atoms. The van der Waals surface area contributed by atoms with Gasteiger partial charge >= 0.3 is 0 Å². The molecule has 2 N–H and O–H groups in total. The molecule has 2 aromatic carbocycles. The van der Waals surface area contributed by atoms with Gasteiger partial charge in [0.1, 0.15) is 5.69 Å². The second-order valence-corrected chi connectivity index (χ2v) is 6.92. The molecular formula is C22H25N3O2. The van der Waals surface area contributed by atoms with E-state index in [9.17, 15) is 9.59 Å². The Morgan fingerprint density at radius 2 is 1.70 bits per heavy atom. The van der Waals surface area contributed by atoms with Crippen molar-refractivity contribution >= 4 is 34.1 Å². The Kier molecular flexibility index (Phi) is 5.60. The molecule has 140 valence electrons. The Morgan fingerprint density at radius 3 is 2.37 bits per heavy atom. The largest absolute Gasteiger partial charge is 0.336 e. The molecule has 0 aliphatic carbocycles. The van der Waals surface area contributed by atoms with Crippen LogP contribution in [0.4, 0.5) is 11.4 Å². The van der Waals surface area contributed by atoms with Crippen LogP contribution in [0.5, 0.6) is 0 Å². The predicted molar refractivity (Wildman–Crippen MR) is 110 cm³/mol. The van der Waals surface area contributed by atoms with Gasteiger partial charge in [0.15, 0.2) is 0 Å². The minimum atomic E-state index is -0.140. The molecule has 3 rings (SSSR count). The van der Waals surface area contributed by atoms with Gasteiger partial charge in [0, 0.05) is 34.7 Å². The average Bonchev–Trinajstić information content (AvgIpc) is 3.01. The quantitative estimate of drug-likeness (QED) is 0.654. The number of anilines is 2. The molecule has 1 heterocycles. The van der Waals surface area contributed by atoms with Crippen molar-refractivity contribution in [1.29, 1.82) is 0 Å². The van der Waals surface area contributed by atoms with Crippen molar-refractivity contribution in [3.05, 3.63) is 60.3 Å². The van der Waals surface area contributed by atoms with Crippen LogP contribution in [0.3, 0.4) is 0 Å². The summed E-state index contributed by atoms with van der Waals surface area (Å²) in [5.41, 5.74) is 3.10. The monoisotopic (exact) mass is 363 g/mol. The Bertz CT molecular complexity index is 958. The smallest absolute Gasteiger partial charge is 0.272 e. The number of nitrogens with zero attached hydrogens (tertiary/aromatic N) is 1. The summed E-state index contributed by atoms with van der Waals surface area (Å²) < 4.78 is 2.03. The van der Waals surface area contributed by atoms with Crippen molar-refractivity contribution in [3.8, 4) is 0 Å². The third-order valence-corrected chi connectivity index (χ3v) is 4.40. The molecule has 0 atom stereocenters. The van der Waals surface area contributed by atoms with Crippen LogP contribution in [0.25, 0.3) is 10.9 Å². The summed E-state index contributed by atoms with van der Waals surface area (Å²) in [5.74, 6) is -0.249. The van der Waals surface area contributed by atoms with Crippen LogP contribution in [0.2, 0.25) is 0 Å². The highest BCUT2D eigenvalue weighted by molar-refractivity contribution is 6.07. The second kappa shape index (κ2) is 8.08. The van der Waals surface area contributed by atoms with E-state index in [-0.39, 0.29) is 17.7 Å². The number of hydrogen-bond acceptors (Lipinski definition) is 2. The highest BCUT2D eigenvalue weighted by Crippen LogP contribution is 2.25. The molecule has 0 fully saturated rings. The number of aromatic nitrogens is 1. The summed E-state index contributed by atoms with van der Waals surface area (Å²) in [7, 11) is 0. The fourth-order valence-corrected chi connectivity index (χ4v) is 3.00. The molecular weight excluding hydrogens is 338 g/mol. The molecule has 0 saturated heterocycles. The van der Waals surface area contributed by atoms with Gasteiger partial charge in [-0.25, -0.2) is 0 Å². The molecule has 0 aliphatic heterocycles. The van der Waals surface area contributed by atoms with Crippen molar-refractivity contribution in [2.24, 2.45) is 5.92 Å². The van der Waals surface area contributed by atoms with E-state index >= 15 is 0 Å². The van der Waals surface area contributed by atoms with Gasteiger partial charge in [0.05, 0.1) is 0 Å². The van der Waals surface area contributed by atoms with E-state index in [1.807, 2.05) is 73.0 Å². The predicted octanol–water partition coefficient (Wildman–Crippen LogP) is 4.90. The van der Waals surface area contributed by atoms with Crippen molar-refractivity contribution in [1.82, 2.24) is 4.57 Å². The fraction of sp³-hybridized carbons (Fsp3) is 0.273. The standard InChI is InChI=1S/C22H25N3O2/c1-4-12-25-19-11-10-18(24-21(26)15(2)3)13-16(19)14-20(25)22(27)23-17-8-6-5-7-9-17/h5-11,13-15H,4,12H2,1-3H3,(H,23,27)(H,24,26). The van der Waals surface area contributed by atoms with E-state index in [1.54, 1.807) is 0 Å². The lowest BCUT2D eigenvalue weighted by Gasteiger charge is -2.11. The molecule has 0 aliphatic rings. The topological polar surface area (TPSA) is 63.1 Å². The van der Waals surface area contributed by atoms with Crippen LogP contribution in [0, 0.1) is 5.92 Å². The molecule has 1 aromatic heterocycles. The zero-order chi connectivity index (χ0) is 19.4. The maximum atomic E-state index is 12.8. The SMILES string of the molecule is CCCn1c(C(=O)Nc2ccccc2)cc2cc(NC(=O)C(C)C)ccc21. The molecule has 0 spiro atoms. The summed E-state index contributed by atoms with van der Waals surface area (Å²) in [6, 6.07) is 17.1. The number of aryl methyl sites for hydroxylation is 1. The van der Waals surface area contributed by atoms with E-state index in [4.69, 9.17) is 0 Å². The summed E-state index contributed by atoms with van der Waals surface area (Å²) in [6.45, 7) is 6.55. The Labute approximate surface area is 159 Å².